The van der Waals surface area contributed by atoms with Crippen LogP contribution in [0.3, 0.4) is 0 Å². The van der Waals surface area contributed by atoms with Crippen molar-refractivity contribution < 1.29 is 4.79 Å². The summed E-state index contributed by atoms with van der Waals surface area (Å²) in [4.78, 5) is 10.9. The zero-order valence-corrected chi connectivity index (χ0v) is 11.9. The van der Waals surface area contributed by atoms with Gasteiger partial charge in [-0.25, -0.2) is 0 Å². The van der Waals surface area contributed by atoms with Gasteiger partial charge in [-0.2, -0.15) is 0 Å². The van der Waals surface area contributed by atoms with Crippen LogP contribution in [0, 0.1) is 11.5 Å². The third-order valence-electron chi connectivity index (χ3n) is 2.03. The number of carbonyl (C=O) groups excluding carboxylic acids is 1. The molecule has 88 valence electrons. The summed E-state index contributed by atoms with van der Waals surface area (Å²) >= 11 is 0. The highest BCUT2D eigenvalue weighted by Crippen LogP contribution is 2.10. The molecule has 17 heavy (non-hydrogen) atoms. The van der Waals surface area contributed by atoms with E-state index in [9.17, 15) is 4.79 Å². The number of ketones is 1. The van der Waals surface area contributed by atoms with Crippen LogP contribution >= 0.6 is 0 Å². The first kappa shape index (κ1) is 13.5. The Hall–Kier alpha value is -1.59. The van der Waals surface area contributed by atoms with E-state index in [0.29, 0.717) is 0 Å². The van der Waals surface area contributed by atoms with Crippen molar-refractivity contribution in [3.8, 4) is 11.5 Å². The van der Waals surface area contributed by atoms with Gasteiger partial charge in [0.2, 0.25) is 0 Å². The van der Waals surface area contributed by atoms with Crippen molar-refractivity contribution in [3.63, 3.8) is 0 Å². The standard InChI is InChI=1S/C15H18OSi/c1-13(16)9-10-14-7-5-6-8-15(14)11-12-17(2,3)4/h5-10H,1-4H3/b10-9+. The average molecular weight is 242 g/mol. The Balaban J connectivity index is 3.07. The van der Waals surface area contributed by atoms with Gasteiger partial charge in [0.1, 0.15) is 8.07 Å². The van der Waals surface area contributed by atoms with E-state index < -0.39 is 8.07 Å². The molecule has 1 aromatic carbocycles. The fourth-order valence-electron chi connectivity index (χ4n) is 1.22. The van der Waals surface area contributed by atoms with Gasteiger partial charge >= 0.3 is 0 Å². The fourth-order valence-corrected chi connectivity index (χ4v) is 1.73. The Bertz CT molecular complexity index is 496. The Morgan fingerprint density at radius 1 is 1.24 bits per heavy atom. The van der Waals surface area contributed by atoms with Crippen LogP contribution in [-0.4, -0.2) is 13.9 Å². The number of rotatable bonds is 2. The predicted octanol–water partition coefficient (Wildman–Crippen LogP) is 3.52. The average Bonchev–Trinajstić information content (AvgIpc) is 2.23. The molecule has 0 aromatic heterocycles. The lowest BCUT2D eigenvalue weighted by atomic mass is 10.1. The molecule has 0 spiro atoms. The molecule has 0 aliphatic rings. The highest BCUT2D eigenvalue weighted by atomic mass is 28.3. The zero-order valence-electron chi connectivity index (χ0n) is 10.9. The maximum Gasteiger partial charge on any atom is 0.152 e. The second kappa shape index (κ2) is 5.65. The van der Waals surface area contributed by atoms with Crippen molar-refractivity contribution in [2.45, 2.75) is 26.6 Å². The molecule has 0 N–H and O–H groups in total. The van der Waals surface area contributed by atoms with E-state index in [4.69, 9.17) is 0 Å². The number of hydrogen-bond donors (Lipinski definition) is 0. The largest absolute Gasteiger partial charge is 0.295 e. The summed E-state index contributed by atoms with van der Waals surface area (Å²) in [6.45, 7) is 8.20. The molecule has 0 aliphatic heterocycles. The lowest BCUT2D eigenvalue weighted by Gasteiger charge is -2.04. The summed E-state index contributed by atoms with van der Waals surface area (Å²) in [5.41, 5.74) is 5.34. The molecule has 0 atom stereocenters. The molecule has 0 saturated heterocycles. The van der Waals surface area contributed by atoms with Crippen molar-refractivity contribution >= 4 is 19.9 Å². The summed E-state index contributed by atoms with van der Waals surface area (Å²) in [5.74, 6) is 3.28. The Labute approximate surface area is 105 Å². The van der Waals surface area contributed by atoms with Crippen LogP contribution in [-0.2, 0) is 4.79 Å². The van der Waals surface area contributed by atoms with E-state index in [1.165, 1.54) is 0 Å². The molecule has 2 heteroatoms. The molecular formula is C15H18OSi. The Kier molecular flexibility index (Phi) is 4.48. The predicted molar refractivity (Wildman–Crippen MR) is 76.4 cm³/mol. The van der Waals surface area contributed by atoms with Crippen LogP contribution < -0.4 is 0 Å². The maximum absolute atomic E-state index is 10.9. The topological polar surface area (TPSA) is 17.1 Å². The van der Waals surface area contributed by atoms with Crippen LogP contribution in [0.1, 0.15) is 18.1 Å². The molecule has 0 saturated carbocycles. The van der Waals surface area contributed by atoms with Gasteiger partial charge in [0.15, 0.2) is 5.78 Å². The van der Waals surface area contributed by atoms with Crippen LogP contribution in [0.15, 0.2) is 30.3 Å². The molecule has 0 heterocycles. The van der Waals surface area contributed by atoms with Crippen LogP contribution in [0.2, 0.25) is 19.6 Å². The van der Waals surface area contributed by atoms with E-state index >= 15 is 0 Å². The zero-order chi connectivity index (χ0) is 12.9. The molecule has 0 unspecified atom stereocenters. The highest BCUT2D eigenvalue weighted by molar-refractivity contribution is 6.83. The van der Waals surface area contributed by atoms with Crippen LogP contribution in [0.4, 0.5) is 0 Å². The van der Waals surface area contributed by atoms with Gasteiger partial charge in [-0.1, -0.05) is 49.8 Å². The monoisotopic (exact) mass is 242 g/mol. The first-order valence-electron chi connectivity index (χ1n) is 5.69. The minimum absolute atomic E-state index is 0.0537. The van der Waals surface area contributed by atoms with Gasteiger partial charge in [-0.3, -0.25) is 4.79 Å². The van der Waals surface area contributed by atoms with Crippen molar-refractivity contribution in [1.82, 2.24) is 0 Å². The Morgan fingerprint density at radius 2 is 1.88 bits per heavy atom. The van der Waals surface area contributed by atoms with E-state index in [0.717, 1.165) is 11.1 Å². The van der Waals surface area contributed by atoms with Gasteiger partial charge in [-0.15, -0.1) is 5.54 Å². The minimum Gasteiger partial charge on any atom is -0.295 e. The van der Waals surface area contributed by atoms with Crippen molar-refractivity contribution in [3.05, 3.63) is 41.5 Å². The highest BCUT2D eigenvalue weighted by Gasteiger charge is 2.07. The molecule has 1 nitrogen and oxygen atoms in total. The van der Waals surface area contributed by atoms with Crippen molar-refractivity contribution in [2.24, 2.45) is 0 Å². The minimum atomic E-state index is -1.36. The summed E-state index contributed by atoms with van der Waals surface area (Å²) in [6.07, 6.45) is 3.41. The summed E-state index contributed by atoms with van der Waals surface area (Å²) in [6, 6.07) is 7.90. The number of carbonyl (C=O) groups is 1. The fraction of sp³-hybridized carbons (Fsp3) is 0.267. The van der Waals surface area contributed by atoms with E-state index in [1.54, 1.807) is 13.0 Å². The number of benzene rings is 1. The molecular weight excluding hydrogens is 224 g/mol. The van der Waals surface area contributed by atoms with Gasteiger partial charge in [-0.05, 0) is 24.6 Å². The van der Waals surface area contributed by atoms with Crippen molar-refractivity contribution in [1.29, 1.82) is 0 Å². The quantitative estimate of drug-likeness (QED) is 0.440. The van der Waals surface area contributed by atoms with E-state index in [1.807, 2.05) is 30.3 Å². The van der Waals surface area contributed by atoms with E-state index in [-0.39, 0.29) is 5.78 Å². The molecule has 0 bridgehead atoms. The lowest BCUT2D eigenvalue weighted by molar-refractivity contribution is -0.112. The third kappa shape index (κ3) is 5.33. The molecule has 0 radical (unpaired) electrons. The normalized spacial score (nSPS) is 11.1. The Morgan fingerprint density at radius 3 is 2.47 bits per heavy atom. The molecule has 0 fully saturated rings. The van der Waals surface area contributed by atoms with Crippen LogP contribution in [0.5, 0.6) is 0 Å². The maximum atomic E-state index is 10.9. The third-order valence-corrected chi connectivity index (χ3v) is 2.91. The lowest BCUT2D eigenvalue weighted by Crippen LogP contribution is -2.16. The first-order chi connectivity index (χ1) is 7.88. The molecule has 1 aromatic rings. The van der Waals surface area contributed by atoms with Crippen molar-refractivity contribution in [2.75, 3.05) is 0 Å². The second-order valence-corrected chi connectivity index (χ2v) is 9.78. The summed E-state index contributed by atoms with van der Waals surface area (Å²) in [7, 11) is -1.36. The molecule has 0 aliphatic carbocycles. The van der Waals surface area contributed by atoms with Gasteiger partial charge in [0.05, 0.1) is 0 Å². The first-order valence-corrected chi connectivity index (χ1v) is 9.19. The van der Waals surface area contributed by atoms with E-state index in [2.05, 4.69) is 31.1 Å². The van der Waals surface area contributed by atoms with Gasteiger partial charge in [0.25, 0.3) is 0 Å². The molecule has 1 rings (SSSR count). The number of hydrogen-bond acceptors (Lipinski definition) is 1. The SMILES string of the molecule is CC(=O)/C=C/c1ccccc1C#C[Si](C)(C)C. The summed E-state index contributed by atoms with van der Waals surface area (Å²) in [5, 5.41) is 0. The molecule has 0 amide bonds. The second-order valence-electron chi connectivity index (χ2n) is 5.03. The van der Waals surface area contributed by atoms with Gasteiger partial charge < -0.3 is 0 Å². The van der Waals surface area contributed by atoms with Crippen LogP contribution in [0.25, 0.3) is 6.08 Å². The number of allylic oxidation sites excluding steroid dienone is 1. The summed E-state index contributed by atoms with van der Waals surface area (Å²) < 4.78 is 0. The van der Waals surface area contributed by atoms with Gasteiger partial charge in [0, 0.05) is 5.56 Å². The smallest absolute Gasteiger partial charge is 0.152 e.